The first-order chi connectivity index (χ1) is 7.79. The molecule has 0 aliphatic carbocycles. The molecule has 0 aliphatic heterocycles. The summed E-state index contributed by atoms with van der Waals surface area (Å²) in [6.45, 7) is 10.7. The lowest BCUT2D eigenvalue weighted by Gasteiger charge is -2.21. The molecule has 1 aromatic carbocycles. The normalized spacial score (nSPS) is 12.1. The van der Waals surface area contributed by atoms with Crippen LogP contribution in [0, 0.1) is 13.8 Å². The lowest BCUT2D eigenvalue weighted by atomic mass is 10.1. The van der Waals surface area contributed by atoms with Crippen LogP contribution in [-0.4, -0.2) is 15.1 Å². The third-order valence-corrected chi connectivity index (χ3v) is 3.06. The molecule has 92 valence electrons. The van der Waals surface area contributed by atoms with Gasteiger partial charge in [-0.2, -0.15) is 0 Å². The first kappa shape index (κ1) is 12.0. The van der Waals surface area contributed by atoms with Crippen molar-refractivity contribution in [3.05, 3.63) is 23.3 Å². The summed E-state index contributed by atoms with van der Waals surface area (Å²) in [5.74, 6) is 0.932. The van der Waals surface area contributed by atoms with E-state index in [-0.39, 0.29) is 5.54 Å². The zero-order valence-electron chi connectivity index (χ0n) is 11.5. The Hall–Kier alpha value is -1.51. The number of imidazole rings is 1. The Labute approximate surface area is 103 Å². The highest BCUT2D eigenvalue weighted by molar-refractivity contribution is 5.82. The molecule has 17 heavy (non-hydrogen) atoms. The highest BCUT2D eigenvalue weighted by Crippen LogP contribution is 2.25. The van der Waals surface area contributed by atoms with Gasteiger partial charge in [-0.3, -0.25) is 0 Å². The third-order valence-electron chi connectivity index (χ3n) is 3.06. The molecule has 3 nitrogen and oxygen atoms in total. The van der Waals surface area contributed by atoms with Gasteiger partial charge in [-0.25, -0.2) is 4.98 Å². The van der Waals surface area contributed by atoms with Crippen molar-refractivity contribution in [2.75, 3.05) is 5.32 Å². The molecule has 1 heterocycles. The second kappa shape index (κ2) is 3.76. The molecule has 0 radical (unpaired) electrons. The molecule has 1 N–H and O–H groups in total. The highest BCUT2D eigenvalue weighted by atomic mass is 15.2. The molecular weight excluding hydrogens is 210 g/mol. The number of aryl methyl sites for hydroxylation is 3. The van der Waals surface area contributed by atoms with Gasteiger partial charge in [-0.1, -0.05) is 6.07 Å². The van der Waals surface area contributed by atoms with Crippen LogP contribution in [0.25, 0.3) is 11.0 Å². The zero-order chi connectivity index (χ0) is 12.8. The van der Waals surface area contributed by atoms with Gasteiger partial charge in [-0.15, -0.1) is 0 Å². The third kappa shape index (κ3) is 2.14. The summed E-state index contributed by atoms with van der Waals surface area (Å²) < 4.78 is 2.12. The number of nitrogens with zero attached hydrogens (tertiary/aromatic N) is 2. The summed E-state index contributed by atoms with van der Waals surface area (Å²) in [6.07, 6.45) is 0. The second-order valence-electron chi connectivity index (χ2n) is 5.74. The number of aromatic nitrogens is 2. The monoisotopic (exact) mass is 231 g/mol. The average Bonchev–Trinajstić information content (AvgIpc) is 2.49. The van der Waals surface area contributed by atoms with E-state index >= 15 is 0 Å². The quantitative estimate of drug-likeness (QED) is 0.815. The Kier molecular flexibility index (Phi) is 2.64. The van der Waals surface area contributed by atoms with Crippen LogP contribution in [0.5, 0.6) is 0 Å². The largest absolute Gasteiger partial charge is 0.351 e. The van der Waals surface area contributed by atoms with E-state index < -0.39 is 0 Å². The van der Waals surface area contributed by atoms with E-state index in [1.807, 2.05) is 0 Å². The fourth-order valence-corrected chi connectivity index (χ4v) is 1.94. The summed E-state index contributed by atoms with van der Waals surface area (Å²) in [6, 6.07) is 4.29. The van der Waals surface area contributed by atoms with Crippen LogP contribution in [0.2, 0.25) is 0 Å². The molecule has 0 aliphatic rings. The predicted octanol–water partition coefficient (Wildman–Crippen LogP) is 3.40. The number of hydrogen-bond donors (Lipinski definition) is 1. The zero-order valence-corrected chi connectivity index (χ0v) is 11.5. The number of benzene rings is 1. The van der Waals surface area contributed by atoms with Crippen LogP contribution in [0.1, 0.15) is 31.9 Å². The maximum absolute atomic E-state index is 4.71. The van der Waals surface area contributed by atoms with Crippen molar-refractivity contribution >= 4 is 17.0 Å². The summed E-state index contributed by atoms with van der Waals surface area (Å²) in [5, 5.41) is 3.44. The van der Waals surface area contributed by atoms with Gasteiger partial charge in [0.05, 0.1) is 11.0 Å². The fraction of sp³-hybridized carbons (Fsp3) is 0.500. The Morgan fingerprint density at radius 2 is 1.82 bits per heavy atom. The minimum Gasteiger partial charge on any atom is -0.351 e. The Bertz CT molecular complexity index is 559. The maximum atomic E-state index is 4.71. The number of nitrogens with one attached hydrogen (secondary N) is 1. The van der Waals surface area contributed by atoms with Gasteiger partial charge in [0, 0.05) is 12.6 Å². The summed E-state index contributed by atoms with van der Waals surface area (Å²) >= 11 is 0. The molecule has 0 amide bonds. The van der Waals surface area contributed by atoms with Crippen LogP contribution in [0.4, 0.5) is 5.95 Å². The highest BCUT2D eigenvalue weighted by Gasteiger charge is 2.15. The van der Waals surface area contributed by atoms with E-state index in [1.165, 1.54) is 16.6 Å². The van der Waals surface area contributed by atoms with Crippen molar-refractivity contribution in [3.63, 3.8) is 0 Å². The first-order valence-electron chi connectivity index (χ1n) is 6.00. The van der Waals surface area contributed by atoms with Crippen LogP contribution in [0.15, 0.2) is 12.1 Å². The van der Waals surface area contributed by atoms with Crippen LogP contribution >= 0.6 is 0 Å². The van der Waals surface area contributed by atoms with Gasteiger partial charge in [-0.05, 0) is 51.8 Å². The van der Waals surface area contributed by atoms with E-state index in [0.717, 1.165) is 11.5 Å². The molecule has 3 heteroatoms. The van der Waals surface area contributed by atoms with Crippen molar-refractivity contribution in [1.29, 1.82) is 0 Å². The van der Waals surface area contributed by atoms with Gasteiger partial charge in [0.25, 0.3) is 0 Å². The minimum atomic E-state index is 0.0259. The molecule has 0 saturated carbocycles. The van der Waals surface area contributed by atoms with E-state index in [1.54, 1.807) is 0 Å². The molecule has 0 saturated heterocycles. The Balaban J connectivity index is 2.61. The first-order valence-corrected chi connectivity index (χ1v) is 6.00. The molecule has 0 spiro atoms. The molecule has 0 unspecified atom stereocenters. The number of hydrogen-bond acceptors (Lipinski definition) is 2. The Morgan fingerprint density at radius 3 is 2.41 bits per heavy atom. The van der Waals surface area contributed by atoms with Gasteiger partial charge in [0.1, 0.15) is 0 Å². The molecule has 0 bridgehead atoms. The van der Waals surface area contributed by atoms with Gasteiger partial charge < -0.3 is 9.88 Å². The van der Waals surface area contributed by atoms with Crippen LogP contribution in [0.3, 0.4) is 0 Å². The number of fused-ring (bicyclic) bond motifs is 1. The molecule has 2 rings (SSSR count). The minimum absolute atomic E-state index is 0.0259. The van der Waals surface area contributed by atoms with Gasteiger partial charge in [0.15, 0.2) is 0 Å². The molecule has 1 aromatic heterocycles. The molecular formula is C14H21N3. The molecule has 0 fully saturated rings. The van der Waals surface area contributed by atoms with Crippen molar-refractivity contribution in [3.8, 4) is 0 Å². The van der Waals surface area contributed by atoms with Crippen molar-refractivity contribution in [1.82, 2.24) is 9.55 Å². The van der Waals surface area contributed by atoms with Crippen molar-refractivity contribution < 1.29 is 0 Å². The lowest BCUT2D eigenvalue weighted by molar-refractivity contribution is 0.621. The van der Waals surface area contributed by atoms with Crippen molar-refractivity contribution in [2.24, 2.45) is 7.05 Å². The average molecular weight is 231 g/mol. The lowest BCUT2D eigenvalue weighted by Crippen LogP contribution is -2.27. The predicted molar refractivity (Wildman–Crippen MR) is 73.6 cm³/mol. The summed E-state index contributed by atoms with van der Waals surface area (Å²) in [4.78, 5) is 4.71. The number of anilines is 1. The van der Waals surface area contributed by atoms with Crippen LogP contribution < -0.4 is 5.32 Å². The fourth-order valence-electron chi connectivity index (χ4n) is 1.94. The summed E-state index contributed by atoms with van der Waals surface area (Å²) in [7, 11) is 2.05. The Morgan fingerprint density at radius 1 is 1.18 bits per heavy atom. The van der Waals surface area contributed by atoms with E-state index in [0.29, 0.717) is 0 Å². The van der Waals surface area contributed by atoms with E-state index in [2.05, 4.69) is 63.7 Å². The SMILES string of the molecule is Cc1ccc2c(nc(NC(C)(C)C)n2C)c1C. The smallest absolute Gasteiger partial charge is 0.204 e. The van der Waals surface area contributed by atoms with Gasteiger partial charge in [0.2, 0.25) is 5.95 Å². The van der Waals surface area contributed by atoms with E-state index in [9.17, 15) is 0 Å². The maximum Gasteiger partial charge on any atom is 0.204 e. The molecule has 0 atom stereocenters. The topological polar surface area (TPSA) is 29.9 Å². The van der Waals surface area contributed by atoms with Crippen molar-refractivity contribution in [2.45, 2.75) is 40.2 Å². The van der Waals surface area contributed by atoms with E-state index in [4.69, 9.17) is 4.98 Å². The standard InChI is InChI=1S/C14H21N3/c1-9-7-8-11-12(10(9)2)15-13(17(11)6)16-14(3,4)5/h7-8H,1-6H3,(H,15,16). The second-order valence-corrected chi connectivity index (χ2v) is 5.74. The molecule has 2 aromatic rings. The van der Waals surface area contributed by atoms with Crippen LogP contribution in [-0.2, 0) is 7.05 Å². The van der Waals surface area contributed by atoms with Gasteiger partial charge >= 0.3 is 0 Å². The summed E-state index contributed by atoms with van der Waals surface area (Å²) in [5.41, 5.74) is 4.86. The number of rotatable bonds is 1.